The molecule has 0 fully saturated rings. The van der Waals surface area contributed by atoms with E-state index in [1.165, 1.54) is 4.90 Å². The monoisotopic (exact) mass is 403 g/mol. The molecule has 156 valence electrons. The summed E-state index contributed by atoms with van der Waals surface area (Å²) in [6.07, 6.45) is 3.57. The number of anilines is 1. The molecule has 30 heavy (non-hydrogen) atoms. The number of aromatic hydroxyl groups is 2. The van der Waals surface area contributed by atoms with Crippen molar-refractivity contribution in [3.8, 4) is 22.6 Å². The van der Waals surface area contributed by atoms with Crippen LogP contribution in [0, 0.1) is 6.92 Å². The van der Waals surface area contributed by atoms with E-state index in [0.717, 1.165) is 30.5 Å². The second-order valence-corrected chi connectivity index (χ2v) is 7.68. The molecular weight excluding hydrogens is 374 g/mol. The Hall–Kier alpha value is -3.27. The van der Waals surface area contributed by atoms with Crippen LogP contribution in [0.2, 0.25) is 0 Å². The van der Waals surface area contributed by atoms with Crippen LogP contribution in [0.15, 0.2) is 60.7 Å². The highest BCUT2D eigenvalue weighted by Crippen LogP contribution is 2.42. The molecule has 0 aromatic heterocycles. The lowest BCUT2D eigenvalue weighted by molar-refractivity contribution is 0.0989. The molecule has 1 amide bonds. The molecular formula is C26H29NO3. The number of benzene rings is 3. The number of phenolic OH excluding ortho intramolecular Hbond substituents is 2. The first kappa shape index (κ1) is 21.4. The van der Waals surface area contributed by atoms with Gasteiger partial charge in [-0.2, -0.15) is 0 Å². The average Bonchev–Trinajstić information content (AvgIpc) is 2.73. The lowest BCUT2D eigenvalue weighted by Crippen LogP contribution is -2.27. The molecule has 0 aliphatic carbocycles. The highest BCUT2D eigenvalue weighted by Gasteiger charge is 2.26. The van der Waals surface area contributed by atoms with Crippen molar-refractivity contribution >= 4 is 11.6 Å². The number of amides is 1. The molecule has 0 spiro atoms. The van der Waals surface area contributed by atoms with E-state index in [-0.39, 0.29) is 23.0 Å². The number of para-hydroxylation sites is 1. The van der Waals surface area contributed by atoms with Gasteiger partial charge in [-0.05, 0) is 49.1 Å². The topological polar surface area (TPSA) is 60.8 Å². The standard InChI is InChI=1S/C26H29NO3/c1-4-5-7-12-20-17-22(28)23(19-13-10-11-18(2)16-19)25(29)24(20)26(30)27(3)21-14-8-6-9-15-21/h6,8-11,13-17,28-29H,4-5,7,12H2,1-3H3. The van der Waals surface area contributed by atoms with Gasteiger partial charge in [0, 0.05) is 12.7 Å². The minimum Gasteiger partial charge on any atom is -0.507 e. The number of aryl methyl sites for hydroxylation is 2. The summed E-state index contributed by atoms with van der Waals surface area (Å²) < 4.78 is 0. The van der Waals surface area contributed by atoms with E-state index in [2.05, 4.69) is 6.92 Å². The minimum atomic E-state index is -0.292. The molecule has 3 aromatic carbocycles. The number of rotatable bonds is 7. The maximum atomic E-state index is 13.5. The van der Waals surface area contributed by atoms with Gasteiger partial charge < -0.3 is 15.1 Å². The normalized spacial score (nSPS) is 10.8. The number of hydrogen-bond acceptors (Lipinski definition) is 3. The molecule has 4 heteroatoms. The van der Waals surface area contributed by atoms with Gasteiger partial charge in [0.15, 0.2) is 0 Å². The van der Waals surface area contributed by atoms with Crippen molar-refractivity contribution in [2.45, 2.75) is 39.5 Å². The lowest BCUT2D eigenvalue weighted by Gasteiger charge is -2.22. The summed E-state index contributed by atoms with van der Waals surface area (Å²) in [5.41, 5.74) is 3.65. The second-order valence-electron chi connectivity index (χ2n) is 7.68. The number of nitrogens with zero attached hydrogens (tertiary/aromatic N) is 1. The smallest absolute Gasteiger partial charge is 0.262 e. The second kappa shape index (κ2) is 9.49. The highest BCUT2D eigenvalue weighted by atomic mass is 16.3. The van der Waals surface area contributed by atoms with Gasteiger partial charge in [-0.1, -0.05) is 67.8 Å². The summed E-state index contributed by atoms with van der Waals surface area (Å²) in [4.78, 5) is 15.0. The van der Waals surface area contributed by atoms with Crippen molar-refractivity contribution in [2.24, 2.45) is 0 Å². The molecule has 0 radical (unpaired) electrons. The summed E-state index contributed by atoms with van der Waals surface area (Å²) in [5, 5.41) is 22.0. The lowest BCUT2D eigenvalue weighted by atomic mass is 9.92. The van der Waals surface area contributed by atoms with Crippen LogP contribution in [0.5, 0.6) is 11.5 Å². The van der Waals surface area contributed by atoms with Crippen LogP contribution in [-0.2, 0) is 6.42 Å². The van der Waals surface area contributed by atoms with E-state index in [9.17, 15) is 15.0 Å². The molecule has 0 heterocycles. The fraction of sp³-hybridized carbons (Fsp3) is 0.269. The molecule has 0 saturated carbocycles. The third-order valence-corrected chi connectivity index (χ3v) is 5.38. The number of unbranched alkanes of at least 4 members (excludes halogenated alkanes) is 2. The van der Waals surface area contributed by atoms with Gasteiger partial charge in [0.25, 0.3) is 5.91 Å². The molecule has 4 nitrogen and oxygen atoms in total. The molecule has 3 aromatic rings. The van der Waals surface area contributed by atoms with E-state index in [0.29, 0.717) is 23.1 Å². The van der Waals surface area contributed by atoms with E-state index in [1.54, 1.807) is 13.1 Å². The first-order chi connectivity index (χ1) is 14.4. The Bertz CT molecular complexity index is 1030. The first-order valence-electron chi connectivity index (χ1n) is 10.4. The molecule has 0 atom stereocenters. The van der Waals surface area contributed by atoms with E-state index < -0.39 is 0 Å². The number of carbonyl (C=O) groups is 1. The van der Waals surface area contributed by atoms with Gasteiger partial charge in [-0.3, -0.25) is 4.79 Å². The first-order valence-corrected chi connectivity index (χ1v) is 10.4. The molecule has 0 saturated heterocycles. The maximum Gasteiger partial charge on any atom is 0.262 e. The van der Waals surface area contributed by atoms with Gasteiger partial charge in [-0.15, -0.1) is 0 Å². The Morgan fingerprint density at radius 3 is 2.37 bits per heavy atom. The Balaban J connectivity index is 2.14. The van der Waals surface area contributed by atoms with Gasteiger partial charge in [-0.25, -0.2) is 0 Å². The predicted octanol–water partition coefficient (Wildman–Crippen LogP) is 6.08. The fourth-order valence-corrected chi connectivity index (χ4v) is 3.73. The SMILES string of the molecule is CCCCCc1cc(O)c(-c2cccc(C)c2)c(O)c1C(=O)N(C)c1ccccc1. The van der Waals surface area contributed by atoms with Crippen molar-refractivity contribution in [2.75, 3.05) is 11.9 Å². The van der Waals surface area contributed by atoms with Crippen LogP contribution in [0.25, 0.3) is 11.1 Å². The fourth-order valence-electron chi connectivity index (χ4n) is 3.73. The van der Waals surface area contributed by atoms with Gasteiger partial charge >= 0.3 is 0 Å². The summed E-state index contributed by atoms with van der Waals surface area (Å²) in [6, 6.07) is 18.5. The third kappa shape index (κ3) is 4.48. The Labute approximate surface area is 178 Å². The van der Waals surface area contributed by atoms with E-state index in [4.69, 9.17) is 0 Å². The van der Waals surface area contributed by atoms with Crippen LogP contribution in [-0.4, -0.2) is 23.2 Å². The van der Waals surface area contributed by atoms with E-state index in [1.807, 2.05) is 61.5 Å². The zero-order chi connectivity index (χ0) is 21.7. The number of hydrogen-bond donors (Lipinski definition) is 2. The zero-order valence-corrected chi connectivity index (χ0v) is 17.9. The molecule has 0 bridgehead atoms. The van der Waals surface area contributed by atoms with Crippen LogP contribution < -0.4 is 4.90 Å². The van der Waals surface area contributed by atoms with Crippen LogP contribution in [0.1, 0.15) is 47.7 Å². The van der Waals surface area contributed by atoms with Gasteiger partial charge in [0.05, 0.1) is 11.1 Å². The molecule has 2 N–H and O–H groups in total. The minimum absolute atomic E-state index is 0.0106. The van der Waals surface area contributed by atoms with Crippen molar-refractivity contribution in [3.63, 3.8) is 0 Å². The molecule has 0 aliphatic rings. The van der Waals surface area contributed by atoms with Crippen molar-refractivity contribution in [1.82, 2.24) is 0 Å². The van der Waals surface area contributed by atoms with Gasteiger partial charge in [0.2, 0.25) is 0 Å². The quantitative estimate of drug-likeness (QED) is 0.470. The Morgan fingerprint density at radius 1 is 0.967 bits per heavy atom. The van der Waals surface area contributed by atoms with Crippen LogP contribution >= 0.6 is 0 Å². The predicted molar refractivity (Wildman–Crippen MR) is 122 cm³/mol. The van der Waals surface area contributed by atoms with Crippen molar-refractivity contribution in [1.29, 1.82) is 0 Å². The van der Waals surface area contributed by atoms with E-state index >= 15 is 0 Å². The summed E-state index contributed by atoms with van der Waals surface area (Å²) in [7, 11) is 1.70. The van der Waals surface area contributed by atoms with Crippen LogP contribution in [0.4, 0.5) is 5.69 Å². The van der Waals surface area contributed by atoms with Crippen molar-refractivity contribution < 1.29 is 15.0 Å². The number of carbonyl (C=O) groups excluding carboxylic acids is 1. The molecule has 0 unspecified atom stereocenters. The summed E-state index contributed by atoms with van der Waals surface area (Å²) in [6.45, 7) is 4.07. The molecule has 0 aliphatic heterocycles. The largest absolute Gasteiger partial charge is 0.507 e. The van der Waals surface area contributed by atoms with Crippen molar-refractivity contribution in [3.05, 3.63) is 77.4 Å². The maximum absolute atomic E-state index is 13.5. The average molecular weight is 404 g/mol. The zero-order valence-electron chi connectivity index (χ0n) is 17.9. The van der Waals surface area contributed by atoms with Crippen LogP contribution in [0.3, 0.4) is 0 Å². The van der Waals surface area contributed by atoms with Gasteiger partial charge in [0.1, 0.15) is 11.5 Å². The highest BCUT2D eigenvalue weighted by molar-refractivity contribution is 6.10. The summed E-state index contributed by atoms with van der Waals surface area (Å²) in [5.74, 6) is -0.470. The molecule has 3 rings (SSSR count). The third-order valence-electron chi connectivity index (χ3n) is 5.38. The summed E-state index contributed by atoms with van der Waals surface area (Å²) >= 11 is 0. The Morgan fingerprint density at radius 2 is 1.70 bits per heavy atom. The Kier molecular flexibility index (Phi) is 6.78. The number of phenols is 2.